The van der Waals surface area contributed by atoms with Crippen molar-refractivity contribution in [2.45, 2.75) is 19.2 Å². The summed E-state index contributed by atoms with van der Waals surface area (Å²) >= 11 is 0. The number of ether oxygens (including phenoxy) is 1. The van der Waals surface area contributed by atoms with E-state index >= 15 is 0 Å². The number of nitrogens with zero attached hydrogens (tertiary/aromatic N) is 5. The lowest BCUT2D eigenvalue weighted by molar-refractivity contribution is -0.0405. The van der Waals surface area contributed by atoms with Gasteiger partial charge in [0.2, 0.25) is 0 Å². The molecule has 0 aliphatic carbocycles. The van der Waals surface area contributed by atoms with Crippen LogP contribution in [0.4, 0.5) is 0 Å². The molecule has 0 saturated carbocycles. The Balaban J connectivity index is 1.47. The normalized spacial score (nSPS) is 18.9. The Labute approximate surface area is 139 Å². The third kappa shape index (κ3) is 3.22. The van der Waals surface area contributed by atoms with Gasteiger partial charge in [-0.2, -0.15) is 5.10 Å². The molecule has 124 valence electrons. The Morgan fingerprint density at radius 3 is 3.08 bits per heavy atom. The van der Waals surface area contributed by atoms with Crippen LogP contribution in [-0.4, -0.2) is 49.9 Å². The number of aromatic nitrogens is 4. The molecule has 4 rings (SSSR count). The number of morpholine rings is 1. The lowest BCUT2D eigenvalue weighted by Gasteiger charge is -2.32. The molecule has 1 saturated heterocycles. The molecule has 0 unspecified atom stereocenters. The molecule has 0 N–H and O–H groups in total. The van der Waals surface area contributed by atoms with Crippen LogP contribution in [0.1, 0.15) is 5.69 Å². The molecular weight excluding hydrogens is 306 g/mol. The van der Waals surface area contributed by atoms with Crippen LogP contribution >= 0.6 is 0 Å². The van der Waals surface area contributed by atoms with Crippen molar-refractivity contribution in [1.82, 2.24) is 24.1 Å². The fraction of sp³-hybridized carbons (Fsp3) is 0.353. The van der Waals surface area contributed by atoms with Crippen LogP contribution in [0.5, 0.6) is 0 Å². The summed E-state index contributed by atoms with van der Waals surface area (Å²) in [5.41, 5.74) is 1.43. The van der Waals surface area contributed by atoms with E-state index in [9.17, 15) is 4.79 Å². The van der Waals surface area contributed by atoms with Gasteiger partial charge in [-0.15, -0.1) is 0 Å². The van der Waals surface area contributed by atoms with Crippen molar-refractivity contribution in [1.29, 1.82) is 0 Å². The highest BCUT2D eigenvalue weighted by Crippen LogP contribution is 2.10. The fourth-order valence-electron chi connectivity index (χ4n) is 3.06. The van der Waals surface area contributed by atoms with Gasteiger partial charge in [-0.05, 0) is 18.2 Å². The molecule has 1 atom stereocenters. The predicted octanol–water partition coefficient (Wildman–Crippen LogP) is 0.792. The lowest BCUT2D eigenvalue weighted by Crippen LogP contribution is -2.44. The Morgan fingerprint density at radius 2 is 2.21 bits per heavy atom. The minimum absolute atomic E-state index is 0.0445. The van der Waals surface area contributed by atoms with E-state index in [1.165, 1.54) is 0 Å². The molecule has 7 heteroatoms. The first-order valence-electron chi connectivity index (χ1n) is 8.07. The molecule has 0 bridgehead atoms. The van der Waals surface area contributed by atoms with E-state index in [4.69, 9.17) is 4.74 Å². The van der Waals surface area contributed by atoms with Gasteiger partial charge in [0.25, 0.3) is 5.56 Å². The van der Waals surface area contributed by atoms with E-state index in [1.54, 1.807) is 22.9 Å². The number of pyridine rings is 1. The predicted molar refractivity (Wildman–Crippen MR) is 88.7 cm³/mol. The maximum atomic E-state index is 12.2. The van der Waals surface area contributed by atoms with Crippen LogP contribution in [-0.2, 0) is 17.8 Å². The van der Waals surface area contributed by atoms with Crippen LogP contribution in [0.2, 0.25) is 0 Å². The van der Waals surface area contributed by atoms with Gasteiger partial charge in [0.05, 0.1) is 24.9 Å². The van der Waals surface area contributed by atoms with Crippen LogP contribution in [0, 0.1) is 0 Å². The smallest absolute Gasteiger partial charge is 0.258 e. The van der Waals surface area contributed by atoms with E-state index in [1.807, 2.05) is 35.1 Å². The first kappa shape index (κ1) is 15.0. The average molecular weight is 325 g/mol. The molecule has 0 radical (unpaired) electrons. The molecular formula is C17H19N5O2. The zero-order valence-corrected chi connectivity index (χ0v) is 13.3. The van der Waals surface area contributed by atoms with Gasteiger partial charge in [-0.1, -0.05) is 6.07 Å². The van der Waals surface area contributed by atoms with Crippen LogP contribution in [0.15, 0.2) is 53.7 Å². The molecule has 3 aromatic rings. The van der Waals surface area contributed by atoms with Crippen molar-refractivity contribution in [2.75, 3.05) is 19.7 Å². The summed E-state index contributed by atoms with van der Waals surface area (Å²) in [6.07, 6.45) is 5.55. The first-order valence-corrected chi connectivity index (χ1v) is 8.07. The summed E-state index contributed by atoms with van der Waals surface area (Å²) in [5.74, 6) is 0. The fourth-order valence-corrected chi connectivity index (χ4v) is 3.06. The third-order valence-electron chi connectivity index (χ3n) is 4.18. The molecule has 1 aliphatic heterocycles. The standard InChI is InChI=1S/C17H19N5O2/c23-17-10-14(19-16-4-1-2-7-22(16)17)11-20-8-9-24-15(12-20)13-21-6-3-5-18-21/h1-7,10,15H,8-9,11-13H2/t15-/m1/s1. The number of rotatable bonds is 4. The van der Waals surface area contributed by atoms with Crippen molar-refractivity contribution in [3.8, 4) is 0 Å². The van der Waals surface area contributed by atoms with Crippen molar-refractivity contribution in [3.63, 3.8) is 0 Å². The Morgan fingerprint density at radius 1 is 1.25 bits per heavy atom. The van der Waals surface area contributed by atoms with E-state index in [0.717, 1.165) is 25.3 Å². The number of hydrogen-bond acceptors (Lipinski definition) is 5. The maximum absolute atomic E-state index is 12.2. The zero-order chi connectivity index (χ0) is 16.4. The zero-order valence-electron chi connectivity index (χ0n) is 13.3. The Kier molecular flexibility index (Phi) is 4.10. The highest BCUT2D eigenvalue weighted by molar-refractivity contribution is 5.37. The van der Waals surface area contributed by atoms with E-state index < -0.39 is 0 Å². The van der Waals surface area contributed by atoms with E-state index in [0.29, 0.717) is 18.8 Å². The van der Waals surface area contributed by atoms with Crippen LogP contribution in [0.25, 0.3) is 5.65 Å². The van der Waals surface area contributed by atoms with Crippen molar-refractivity contribution in [3.05, 3.63) is 65.0 Å². The quantitative estimate of drug-likeness (QED) is 0.710. The Bertz CT molecular complexity index is 874. The molecule has 0 spiro atoms. The van der Waals surface area contributed by atoms with Crippen molar-refractivity contribution < 1.29 is 4.74 Å². The minimum atomic E-state index is -0.0445. The molecule has 1 fully saturated rings. The largest absolute Gasteiger partial charge is 0.374 e. The molecule has 3 aromatic heterocycles. The molecule has 7 nitrogen and oxygen atoms in total. The van der Waals surface area contributed by atoms with Gasteiger partial charge in [0.1, 0.15) is 5.65 Å². The average Bonchev–Trinajstić information content (AvgIpc) is 3.08. The monoisotopic (exact) mass is 325 g/mol. The van der Waals surface area contributed by atoms with E-state index in [-0.39, 0.29) is 11.7 Å². The van der Waals surface area contributed by atoms with Gasteiger partial charge in [-0.25, -0.2) is 4.98 Å². The van der Waals surface area contributed by atoms with Gasteiger partial charge >= 0.3 is 0 Å². The lowest BCUT2D eigenvalue weighted by atomic mass is 10.2. The first-order chi connectivity index (χ1) is 11.8. The summed E-state index contributed by atoms with van der Waals surface area (Å²) in [4.78, 5) is 19.1. The van der Waals surface area contributed by atoms with E-state index in [2.05, 4.69) is 15.0 Å². The van der Waals surface area contributed by atoms with Gasteiger partial charge in [0.15, 0.2) is 0 Å². The third-order valence-corrected chi connectivity index (χ3v) is 4.18. The van der Waals surface area contributed by atoms with Crippen molar-refractivity contribution in [2.24, 2.45) is 0 Å². The second-order valence-electron chi connectivity index (χ2n) is 5.97. The molecule has 0 aromatic carbocycles. The maximum Gasteiger partial charge on any atom is 0.258 e. The van der Waals surface area contributed by atoms with Crippen molar-refractivity contribution >= 4 is 5.65 Å². The molecule has 1 aliphatic rings. The highest BCUT2D eigenvalue weighted by atomic mass is 16.5. The van der Waals surface area contributed by atoms with Gasteiger partial charge in [0, 0.05) is 44.3 Å². The molecule has 0 amide bonds. The van der Waals surface area contributed by atoms with Crippen LogP contribution < -0.4 is 5.56 Å². The second kappa shape index (κ2) is 6.54. The Hall–Kier alpha value is -2.51. The highest BCUT2D eigenvalue weighted by Gasteiger charge is 2.21. The van der Waals surface area contributed by atoms with Gasteiger partial charge in [-0.3, -0.25) is 18.8 Å². The molecule has 24 heavy (non-hydrogen) atoms. The topological polar surface area (TPSA) is 64.7 Å². The summed E-state index contributed by atoms with van der Waals surface area (Å²) in [5, 5.41) is 4.23. The summed E-state index contributed by atoms with van der Waals surface area (Å²) in [6.45, 7) is 3.70. The molecule has 4 heterocycles. The van der Waals surface area contributed by atoms with Crippen LogP contribution in [0.3, 0.4) is 0 Å². The SMILES string of the molecule is O=c1cc(CN2CCO[C@@H](Cn3cccn3)C2)nc2ccccn12. The number of hydrogen-bond donors (Lipinski definition) is 0. The van der Waals surface area contributed by atoms with Gasteiger partial charge < -0.3 is 4.74 Å². The number of fused-ring (bicyclic) bond motifs is 1. The summed E-state index contributed by atoms with van der Waals surface area (Å²) in [6, 6.07) is 9.10. The summed E-state index contributed by atoms with van der Waals surface area (Å²) in [7, 11) is 0. The second-order valence-corrected chi connectivity index (χ2v) is 5.97. The summed E-state index contributed by atoms with van der Waals surface area (Å²) < 4.78 is 9.27. The minimum Gasteiger partial charge on any atom is -0.374 e.